The lowest BCUT2D eigenvalue weighted by molar-refractivity contribution is -0.125. The van der Waals surface area contributed by atoms with Gasteiger partial charge in [0.05, 0.1) is 24.8 Å². The Labute approximate surface area is 186 Å². The number of carbonyl (C=O) groups excluding carboxylic acids is 1. The summed E-state index contributed by atoms with van der Waals surface area (Å²) in [6.45, 7) is 7.72. The first-order valence-corrected chi connectivity index (χ1v) is 11.0. The highest BCUT2D eigenvalue weighted by Gasteiger charge is 2.40. The maximum atomic E-state index is 14.2. The van der Waals surface area contributed by atoms with E-state index in [1.807, 2.05) is 24.8 Å². The van der Waals surface area contributed by atoms with E-state index >= 15 is 0 Å². The molecule has 2 aliphatic rings. The van der Waals surface area contributed by atoms with Crippen molar-refractivity contribution in [2.24, 2.45) is 5.92 Å². The molecule has 2 atom stereocenters. The topological polar surface area (TPSA) is 70.6 Å². The van der Waals surface area contributed by atoms with Gasteiger partial charge in [0.1, 0.15) is 11.6 Å². The molecule has 7 nitrogen and oxygen atoms in total. The van der Waals surface area contributed by atoms with Gasteiger partial charge in [0.15, 0.2) is 0 Å². The highest BCUT2D eigenvalue weighted by molar-refractivity contribution is 5.80. The molecule has 0 aliphatic carbocycles. The Balaban J connectivity index is 1.58. The third-order valence-corrected chi connectivity index (χ3v) is 5.90. The summed E-state index contributed by atoms with van der Waals surface area (Å²) in [6.07, 6.45) is 1.72. The molecule has 2 saturated heterocycles. The second-order valence-electron chi connectivity index (χ2n) is 8.69. The largest absolute Gasteiger partial charge is 0.378 e. The molecule has 9 heteroatoms. The highest BCUT2D eigenvalue weighted by Crippen LogP contribution is 2.34. The number of anilines is 1. The van der Waals surface area contributed by atoms with Crippen LogP contribution in [0.1, 0.15) is 31.0 Å². The molecule has 1 aromatic carbocycles. The van der Waals surface area contributed by atoms with Crippen LogP contribution in [-0.4, -0.2) is 66.2 Å². The predicted octanol–water partition coefficient (Wildman–Crippen LogP) is 2.33. The van der Waals surface area contributed by atoms with Gasteiger partial charge in [-0.2, -0.15) is 0 Å². The SMILES string of the molecule is CC(C)NC(=O)[C@H]1CN(Cc2cc(F)ccc2F)C[C@@H]1c1ccnc(N2CCOCC2)n1. The van der Waals surface area contributed by atoms with Crippen LogP contribution in [0.15, 0.2) is 30.5 Å². The van der Waals surface area contributed by atoms with Crippen LogP contribution < -0.4 is 10.2 Å². The van der Waals surface area contributed by atoms with E-state index in [2.05, 4.69) is 15.2 Å². The van der Waals surface area contributed by atoms with Crippen LogP contribution in [0.2, 0.25) is 0 Å². The van der Waals surface area contributed by atoms with E-state index in [0.717, 1.165) is 30.9 Å². The number of benzene rings is 1. The molecular weight excluding hydrogens is 416 g/mol. The van der Waals surface area contributed by atoms with Crippen molar-refractivity contribution in [2.75, 3.05) is 44.3 Å². The van der Waals surface area contributed by atoms with E-state index in [9.17, 15) is 13.6 Å². The fourth-order valence-corrected chi connectivity index (χ4v) is 4.36. The van der Waals surface area contributed by atoms with Gasteiger partial charge in [0.25, 0.3) is 0 Å². The molecule has 3 heterocycles. The maximum Gasteiger partial charge on any atom is 0.225 e. The zero-order chi connectivity index (χ0) is 22.7. The van der Waals surface area contributed by atoms with Gasteiger partial charge in [0.2, 0.25) is 11.9 Å². The molecule has 172 valence electrons. The molecule has 1 amide bonds. The lowest BCUT2D eigenvalue weighted by Crippen LogP contribution is -2.39. The molecule has 2 aromatic rings. The van der Waals surface area contributed by atoms with Gasteiger partial charge in [-0.1, -0.05) is 0 Å². The Hall–Kier alpha value is -2.65. The van der Waals surface area contributed by atoms with Crippen LogP contribution in [0.25, 0.3) is 0 Å². The highest BCUT2D eigenvalue weighted by atomic mass is 19.1. The van der Waals surface area contributed by atoms with Crippen molar-refractivity contribution in [3.05, 3.63) is 53.4 Å². The predicted molar refractivity (Wildman–Crippen MR) is 116 cm³/mol. The third-order valence-electron chi connectivity index (χ3n) is 5.90. The fraction of sp³-hybridized carbons (Fsp3) is 0.522. The van der Waals surface area contributed by atoms with E-state index in [4.69, 9.17) is 9.72 Å². The van der Waals surface area contributed by atoms with E-state index in [0.29, 0.717) is 32.3 Å². The summed E-state index contributed by atoms with van der Waals surface area (Å²) in [5.74, 6) is -0.872. The number of nitrogens with one attached hydrogen (secondary N) is 1. The van der Waals surface area contributed by atoms with Crippen molar-refractivity contribution in [1.29, 1.82) is 0 Å². The normalized spacial score (nSPS) is 21.8. The first kappa shape index (κ1) is 22.5. The molecule has 0 unspecified atom stereocenters. The number of aromatic nitrogens is 2. The number of amides is 1. The lowest BCUT2D eigenvalue weighted by Gasteiger charge is -2.27. The Morgan fingerprint density at radius 1 is 1.22 bits per heavy atom. The molecule has 0 saturated carbocycles. The fourth-order valence-electron chi connectivity index (χ4n) is 4.36. The Morgan fingerprint density at radius 2 is 2.00 bits per heavy atom. The van der Waals surface area contributed by atoms with Gasteiger partial charge in [-0.3, -0.25) is 9.69 Å². The van der Waals surface area contributed by atoms with Gasteiger partial charge in [-0.05, 0) is 38.1 Å². The molecular formula is C23H29F2N5O2. The minimum atomic E-state index is -0.475. The molecule has 1 N–H and O–H groups in total. The second kappa shape index (κ2) is 9.87. The van der Waals surface area contributed by atoms with E-state index in [-0.39, 0.29) is 35.9 Å². The molecule has 0 radical (unpaired) electrons. The number of ether oxygens (including phenoxy) is 1. The van der Waals surface area contributed by atoms with Crippen LogP contribution in [0.3, 0.4) is 0 Å². The summed E-state index contributed by atoms with van der Waals surface area (Å²) in [4.78, 5) is 26.3. The minimum absolute atomic E-state index is 0.00664. The van der Waals surface area contributed by atoms with Crippen LogP contribution in [-0.2, 0) is 16.1 Å². The summed E-state index contributed by atoms with van der Waals surface area (Å²) in [6, 6.07) is 5.31. The second-order valence-corrected chi connectivity index (χ2v) is 8.69. The number of nitrogens with zero attached hydrogens (tertiary/aromatic N) is 4. The summed E-state index contributed by atoms with van der Waals surface area (Å²) in [7, 11) is 0. The lowest BCUT2D eigenvalue weighted by atomic mass is 9.91. The van der Waals surface area contributed by atoms with E-state index < -0.39 is 11.6 Å². The van der Waals surface area contributed by atoms with Crippen molar-refractivity contribution in [3.8, 4) is 0 Å². The van der Waals surface area contributed by atoms with Crippen LogP contribution in [0.5, 0.6) is 0 Å². The van der Waals surface area contributed by atoms with Gasteiger partial charge >= 0.3 is 0 Å². The Bertz CT molecular complexity index is 952. The van der Waals surface area contributed by atoms with Crippen molar-refractivity contribution >= 4 is 11.9 Å². The molecule has 2 aliphatic heterocycles. The third kappa shape index (κ3) is 5.21. The average Bonchev–Trinajstić information content (AvgIpc) is 3.21. The van der Waals surface area contributed by atoms with E-state index in [1.54, 1.807) is 6.20 Å². The molecule has 0 spiro atoms. The van der Waals surface area contributed by atoms with Crippen molar-refractivity contribution in [1.82, 2.24) is 20.2 Å². The van der Waals surface area contributed by atoms with Gasteiger partial charge in [-0.25, -0.2) is 18.7 Å². The Morgan fingerprint density at radius 3 is 2.75 bits per heavy atom. The van der Waals surface area contributed by atoms with E-state index in [1.165, 1.54) is 6.07 Å². The summed E-state index contributed by atoms with van der Waals surface area (Å²) < 4.78 is 33.3. The number of likely N-dealkylation sites (tertiary alicyclic amines) is 1. The molecule has 32 heavy (non-hydrogen) atoms. The Kier molecular flexibility index (Phi) is 6.95. The minimum Gasteiger partial charge on any atom is -0.378 e. The average molecular weight is 446 g/mol. The number of hydrogen-bond donors (Lipinski definition) is 1. The zero-order valence-corrected chi connectivity index (χ0v) is 18.4. The molecule has 1 aromatic heterocycles. The molecule has 2 fully saturated rings. The standard InChI is InChI=1S/C23H29F2N5O2/c1-15(2)27-22(31)19-14-29(12-16-11-17(24)3-4-20(16)25)13-18(19)21-5-6-26-23(28-21)30-7-9-32-10-8-30/h3-6,11,15,18-19H,7-10,12-14H2,1-2H3,(H,27,31)/t18-,19-/m0/s1. The van der Waals surface area contributed by atoms with Crippen molar-refractivity contribution in [3.63, 3.8) is 0 Å². The first-order valence-electron chi connectivity index (χ1n) is 11.0. The summed E-state index contributed by atoms with van der Waals surface area (Å²) in [5.41, 5.74) is 1.07. The van der Waals surface area contributed by atoms with Gasteiger partial charge < -0.3 is 15.0 Å². The number of carbonyl (C=O) groups is 1. The van der Waals surface area contributed by atoms with Crippen molar-refractivity contribution < 1.29 is 18.3 Å². The van der Waals surface area contributed by atoms with Crippen LogP contribution in [0.4, 0.5) is 14.7 Å². The number of rotatable bonds is 6. The smallest absolute Gasteiger partial charge is 0.225 e. The maximum absolute atomic E-state index is 14.2. The summed E-state index contributed by atoms with van der Waals surface area (Å²) >= 11 is 0. The van der Waals surface area contributed by atoms with Gasteiger partial charge in [-0.15, -0.1) is 0 Å². The zero-order valence-electron chi connectivity index (χ0n) is 18.4. The first-order chi connectivity index (χ1) is 15.4. The monoisotopic (exact) mass is 445 g/mol. The number of hydrogen-bond acceptors (Lipinski definition) is 6. The van der Waals surface area contributed by atoms with Crippen LogP contribution >= 0.6 is 0 Å². The number of morpholine rings is 1. The molecule has 4 rings (SSSR count). The van der Waals surface area contributed by atoms with Gasteiger partial charge in [0, 0.05) is 56.4 Å². The van der Waals surface area contributed by atoms with Crippen LogP contribution in [0, 0.1) is 17.6 Å². The summed E-state index contributed by atoms with van der Waals surface area (Å²) in [5, 5.41) is 3.00. The number of halogens is 2. The van der Waals surface area contributed by atoms with Crippen molar-refractivity contribution in [2.45, 2.75) is 32.4 Å². The quantitative estimate of drug-likeness (QED) is 0.736. The molecule has 0 bridgehead atoms.